The van der Waals surface area contributed by atoms with E-state index in [9.17, 15) is 4.39 Å². The van der Waals surface area contributed by atoms with Crippen molar-refractivity contribution in [2.24, 2.45) is 0 Å². The largest absolute Gasteiger partial charge is 0.399 e. The lowest BCUT2D eigenvalue weighted by Gasteiger charge is -2.15. The maximum atomic E-state index is 13.5. The molecule has 0 amide bonds. The molecule has 2 nitrogen and oxygen atoms in total. The van der Waals surface area contributed by atoms with Crippen LogP contribution < -0.4 is 11.1 Å². The Morgan fingerprint density at radius 1 is 1.41 bits per heavy atom. The molecule has 0 radical (unpaired) electrons. The van der Waals surface area contributed by atoms with Crippen LogP contribution in [-0.4, -0.2) is 6.04 Å². The van der Waals surface area contributed by atoms with Crippen molar-refractivity contribution in [3.05, 3.63) is 46.4 Å². The summed E-state index contributed by atoms with van der Waals surface area (Å²) in [6.45, 7) is 2.04. The van der Waals surface area contributed by atoms with Gasteiger partial charge in [0, 0.05) is 11.7 Å². The molecule has 0 spiro atoms. The average molecular weight is 250 g/mol. The highest BCUT2D eigenvalue weighted by molar-refractivity contribution is 7.07. The highest BCUT2D eigenvalue weighted by atomic mass is 32.1. The molecule has 1 atom stereocenters. The number of nitrogens with one attached hydrogen (secondary N) is 1. The lowest BCUT2D eigenvalue weighted by Crippen LogP contribution is -2.18. The van der Waals surface area contributed by atoms with Gasteiger partial charge in [-0.15, -0.1) is 0 Å². The second-order valence-corrected chi connectivity index (χ2v) is 4.90. The molecular weight excluding hydrogens is 235 g/mol. The van der Waals surface area contributed by atoms with Crippen LogP contribution in [0.1, 0.15) is 12.5 Å². The highest BCUT2D eigenvalue weighted by Crippen LogP contribution is 2.19. The fourth-order valence-corrected chi connectivity index (χ4v) is 2.41. The lowest BCUT2D eigenvalue weighted by molar-refractivity contribution is 0.626. The maximum Gasteiger partial charge on any atom is 0.148 e. The monoisotopic (exact) mass is 250 g/mol. The van der Waals surface area contributed by atoms with E-state index >= 15 is 0 Å². The Morgan fingerprint density at radius 3 is 2.88 bits per heavy atom. The zero-order valence-corrected chi connectivity index (χ0v) is 10.4. The van der Waals surface area contributed by atoms with Gasteiger partial charge in [-0.1, -0.05) is 0 Å². The number of hydrogen-bond acceptors (Lipinski definition) is 3. The fraction of sp³-hybridized carbons (Fsp3) is 0.231. The van der Waals surface area contributed by atoms with E-state index in [0.717, 1.165) is 6.42 Å². The van der Waals surface area contributed by atoms with Crippen LogP contribution in [0.4, 0.5) is 15.8 Å². The molecule has 2 rings (SSSR count). The standard InChI is InChI=1S/C13H15FN2S/c1-9(6-10-4-5-17-8-10)16-13-3-2-11(15)7-12(13)14/h2-5,7-9,16H,6,15H2,1H3. The van der Waals surface area contributed by atoms with Crippen molar-refractivity contribution in [3.8, 4) is 0 Å². The Labute approximate surface area is 104 Å². The Kier molecular flexibility index (Phi) is 3.64. The molecule has 0 saturated carbocycles. The van der Waals surface area contributed by atoms with E-state index in [1.807, 2.05) is 12.3 Å². The predicted molar refractivity (Wildman–Crippen MR) is 71.9 cm³/mol. The Morgan fingerprint density at radius 2 is 2.24 bits per heavy atom. The van der Waals surface area contributed by atoms with E-state index in [-0.39, 0.29) is 11.9 Å². The minimum Gasteiger partial charge on any atom is -0.399 e. The molecule has 1 heterocycles. The van der Waals surface area contributed by atoms with Crippen LogP contribution >= 0.6 is 11.3 Å². The van der Waals surface area contributed by atoms with Crippen molar-refractivity contribution in [2.45, 2.75) is 19.4 Å². The zero-order chi connectivity index (χ0) is 12.3. The van der Waals surface area contributed by atoms with E-state index in [0.29, 0.717) is 11.4 Å². The summed E-state index contributed by atoms with van der Waals surface area (Å²) in [5.41, 5.74) is 7.72. The number of hydrogen-bond donors (Lipinski definition) is 2. The van der Waals surface area contributed by atoms with Gasteiger partial charge in [0.05, 0.1) is 5.69 Å². The van der Waals surface area contributed by atoms with Crippen molar-refractivity contribution in [2.75, 3.05) is 11.1 Å². The number of anilines is 2. The van der Waals surface area contributed by atoms with Crippen LogP contribution in [0.25, 0.3) is 0 Å². The number of halogens is 1. The Hall–Kier alpha value is -1.55. The molecule has 0 fully saturated rings. The molecule has 3 N–H and O–H groups in total. The summed E-state index contributed by atoms with van der Waals surface area (Å²) in [5.74, 6) is -0.304. The number of nitrogen functional groups attached to an aromatic ring is 1. The first-order valence-electron chi connectivity index (χ1n) is 5.48. The second kappa shape index (κ2) is 5.19. The lowest BCUT2D eigenvalue weighted by atomic mass is 10.1. The van der Waals surface area contributed by atoms with Crippen molar-refractivity contribution in [1.82, 2.24) is 0 Å². The summed E-state index contributed by atoms with van der Waals surface area (Å²) < 4.78 is 13.5. The summed E-state index contributed by atoms with van der Waals surface area (Å²) in [6.07, 6.45) is 0.882. The molecule has 17 heavy (non-hydrogen) atoms. The van der Waals surface area contributed by atoms with Gasteiger partial charge in [-0.25, -0.2) is 4.39 Å². The molecule has 0 aliphatic carbocycles. The maximum absolute atomic E-state index is 13.5. The van der Waals surface area contributed by atoms with Gasteiger partial charge >= 0.3 is 0 Å². The smallest absolute Gasteiger partial charge is 0.148 e. The third-order valence-corrected chi connectivity index (χ3v) is 3.25. The molecule has 90 valence electrons. The van der Waals surface area contributed by atoms with Gasteiger partial charge in [-0.2, -0.15) is 11.3 Å². The third kappa shape index (κ3) is 3.20. The zero-order valence-electron chi connectivity index (χ0n) is 9.61. The molecule has 1 unspecified atom stereocenters. The number of rotatable bonds is 4. The Balaban J connectivity index is 2.00. The molecule has 2 aromatic rings. The summed E-state index contributed by atoms with van der Waals surface area (Å²) in [4.78, 5) is 0. The molecule has 0 aliphatic heterocycles. The summed E-state index contributed by atoms with van der Waals surface area (Å²) >= 11 is 1.67. The van der Waals surface area contributed by atoms with Crippen LogP contribution in [0.3, 0.4) is 0 Å². The van der Waals surface area contributed by atoms with Crippen LogP contribution in [0, 0.1) is 5.82 Å². The normalized spacial score (nSPS) is 12.4. The summed E-state index contributed by atoms with van der Waals surface area (Å²) in [7, 11) is 0. The topological polar surface area (TPSA) is 38.0 Å². The van der Waals surface area contributed by atoms with Gasteiger partial charge in [-0.3, -0.25) is 0 Å². The minimum atomic E-state index is -0.304. The molecule has 0 aliphatic rings. The van der Waals surface area contributed by atoms with E-state index in [4.69, 9.17) is 5.73 Å². The quantitative estimate of drug-likeness (QED) is 0.815. The second-order valence-electron chi connectivity index (χ2n) is 4.12. The van der Waals surface area contributed by atoms with Crippen molar-refractivity contribution < 1.29 is 4.39 Å². The molecule has 1 aromatic heterocycles. The van der Waals surface area contributed by atoms with Crippen LogP contribution in [0.15, 0.2) is 35.0 Å². The molecule has 0 bridgehead atoms. The number of thiophene rings is 1. The average Bonchev–Trinajstić information content (AvgIpc) is 2.75. The first-order valence-corrected chi connectivity index (χ1v) is 6.42. The van der Waals surface area contributed by atoms with E-state index in [1.165, 1.54) is 11.6 Å². The number of nitrogens with two attached hydrogens (primary N) is 1. The first kappa shape index (κ1) is 11.9. The van der Waals surface area contributed by atoms with Crippen LogP contribution in [0.5, 0.6) is 0 Å². The van der Waals surface area contributed by atoms with Crippen LogP contribution in [0.2, 0.25) is 0 Å². The van der Waals surface area contributed by atoms with Gasteiger partial charge in [0.1, 0.15) is 5.82 Å². The van der Waals surface area contributed by atoms with Gasteiger partial charge in [-0.05, 0) is 53.9 Å². The molecular formula is C13H15FN2S. The highest BCUT2D eigenvalue weighted by Gasteiger charge is 2.07. The van der Waals surface area contributed by atoms with Gasteiger partial charge in [0.15, 0.2) is 0 Å². The van der Waals surface area contributed by atoms with Crippen molar-refractivity contribution in [1.29, 1.82) is 0 Å². The minimum absolute atomic E-state index is 0.183. The van der Waals surface area contributed by atoms with Crippen LogP contribution in [-0.2, 0) is 6.42 Å². The Bertz CT molecular complexity index is 482. The molecule has 1 aromatic carbocycles. The number of benzene rings is 1. The van der Waals surface area contributed by atoms with Crippen molar-refractivity contribution >= 4 is 22.7 Å². The summed E-state index contributed by atoms with van der Waals surface area (Å²) in [6, 6.07) is 6.97. The fourth-order valence-electron chi connectivity index (χ4n) is 1.73. The summed E-state index contributed by atoms with van der Waals surface area (Å²) in [5, 5.41) is 7.31. The van der Waals surface area contributed by atoms with Gasteiger partial charge in [0.2, 0.25) is 0 Å². The van der Waals surface area contributed by atoms with E-state index in [1.54, 1.807) is 23.5 Å². The first-order chi connectivity index (χ1) is 8.15. The van der Waals surface area contributed by atoms with E-state index in [2.05, 4.69) is 16.8 Å². The molecule has 4 heteroatoms. The third-order valence-electron chi connectivity index (χ3n) is 2.52. The van der Waals surface area contributed by atoms with E-state index < -0.39 is 0 Å². The van der Waals surface area contributed by atoms with Gasteiger partial charge in [0.25, 0.3) is 0 Å². The van der Waals surface area contributed by atoms with Crippen molar-refractivity contribution in [3.63, 3.8) is 0 Å². The van der Waals surface area contributed by atoms with Gasteiger partial charge < -0.3 is 11.1 Å². The SMILES string of the molecule is CC(Cc1ccsc1)Nc1ccc(N)cc1F. The predicted octanol–water partition coefficient (Wildman–Crippen LogP) is 3.51. The molecule has 0 saturated heterocycles.